The van der Waals surface area contributed by atoms with Crippen molar-refractivity contribution in [2.24, 2.45) is 0 Å². The van der Waals surface area contributed by atoms with Gasteiger partial charge in [-0.05, 0) is 108 Å². The zero-order chi connectivity index (χ0) is 39.9. The molecule has 0 saturated heterocycles. The van der Waals surface area contributed by atoms with Crippen molar-refractivity contribution in [3.63, 3.8) is 0 Å². The van der Waals surface area contributed by atoms with Crippen LogP contribution in [0.1, 0.15) is 22.3 Å². The van der Waals surface area contributed by atoms with E-state index in [0.29, 0.717) is 0 Å². The Kier molecular flexibility index (Phi) is 8.79. The first-order valence-corrected chi connectivity index (χ1v) is 20.8. The highest BCUT2D eigenvalue weighted by Gasteiger charge is 2.46. The number of anilines is 3. The van der Waals surface area contributed by atoms with Crippen LogP contribution in [0.3, 0.4) is 0 Å². The van der Waals surface area contributed by atoms with Gasteiger partial charge in [-0.2, -0.15) is 0 Å². The molecule has 0 fully saturated rings. The molecule has 0 atom stereocenters. The van der Waals surface area contributed by atoms with Crippen LogP contribution in [0.2, 0.25) is 0 Å². The van der Waals surface area contributed by atoms with Gasteiger partial charge in [-0.3, -0.25) is 0 Å². The van der Waals surface area contributed by atoms with E-state index in [1.54, 1.807) is 0 Å². The molecule has 1 aliphatic carbocycles. The summed E-state index contributed by atoms with van der Waals surface area (Å²) in [5.41, 5.74) is 17.6. The summed E-state index contributed by atoms with van der Waals surface area (Å²) >= 11 is 0. The highest BCUT2D eigenvalue weighted by molar-refractivity contribution is 5.97. The SMILES string of the molecule is c1ccc(-c2ccccc2N(c2ccc(-c3cccc(-c4cccc5ccccc45)c3)cc2)c2ccc3c(c2)C(c2ccccc2)(c2ccccc2)c2ccccc2-3)cc1. The Morgan fingerprint density at radius 3 is 1.58 bits per heavy atom. The van der Waals surface area contributed by atoms with Gasteiger partial charge in [-0.15, -0.1) is 0 Å². The lowest BCUT2D eigenvalue weighted by Gasteiger charge is -2.35. The maximum Gasteiger partial charge on any atom is 0.0714 e. The fraction of sp³-hybridized carbons (Fsp3) is 0.0169. The van der Waals surface area contributed by atoms with Crippen molar-refractivity contribution >= 4 is 27.8 Å². The number of hydrogen-bond donors (Lipinski definition) is 0. The van der Waals surface area contributed by atoms with Crippen molar-refractivity contribution < 1.29 is 0 Å². The van der Waals surface area contributed by atoms with Crippen LogP contribution in [-0.4, -0.2) is 0 Å². The molecule has 0 aromatic heterocycles. The smallest absolute Gasteiger partial charge is 0.0714 e. The number of hydrogen-bond acceptors (Lipinski definition) is 1. The molecule has 1 heteroatoms. The molecule has 0 amide bonds. The van der Waals surface area contributed by atoms with Crippen LogP contribution in [0.5, 0.6) is 0 Å². The second-order valence-corrected chi connectivity index (χ2v) is 15.6. The number of benzene rings is 10. The van der Waals surface area contributed by atoms with Gasteiger partial charge in [-0.25, -0.2) is 0 Å². The molecular weight excluding hydrogens is 723 g/mol. The standard InChI is InChI=1S/C59H41N/c1-4-18-44(19-5-1)53-29-13-15-33-58(53)60(49-36-34-42(35-37-49)45-22-16-23-46(40-45)52-31-17-21-43-20-10-11-28-51(43)52)50-38-39-55-54-30-12-14-32-56(54)59(57(55)41-50,47-24-6-2-7-25-47)48-26-8-3-9-27-48/h1-41H. The molecule has 60 heavy (non-hydrogen) atoms. The Morgan fingerprint density at radius 1 is 0.283 bits per heavy atom. The minimum absolute atomic E-state index is 0.506. The van der Waals surface area contributed by atoms with Gasteiger partial charge in [0.15, 0.2) is 0 Å². The minimum atomic E-state index is -0.506. The monoisotopic (exact) mass is 763 g/mol. The maximum absolute atomic E-state index is 2.46. The van der Waals surface area contributed by atoms with Gasteiger partial charge >= 0.3 is 0 Å². The highest BCUT2D eigenvalue weighted by atomic mass is 15.1. The van der Waals surface area contributed by atoms with Crippen LogP contribution in [-0.2, 0) is 5.41 Å². The fourth-order valence-electron chi connectivity index (χ4n) is 9.68. The average molecular weight is 764 g/mol. The fourth-order valence-corrected chi connectivity index (χ4v) is 9.68. The molecular formula is C59H41N. The third-order valence-electron chi connectivity index (χ3n) is 12.4. The van der Waals surface area contributed by atoms with Crippen LogP contribution in [0.25, 0.3) is 55.3 Å². The summed E-state index contributed by atoms with van der Waals surface area (Å²) in [6, 6.07) is 91.0. The van der Waals surface area contributed by atoms with Gasteiger partial charge in [0.2, 0.25) is 0 Å². The van der Waals surface area contributed by atoms with Crippen LogP contribution >= 0.6 is 0 Å². The largest absolute Gasteiger partial charge is 0.310 e. The van der Waals surface area contributed by atoms with Crippen molar-refractivity contribution in [1.29, 1.82) is 0 Å². The van der Waals surface area contributed by atoms with E-state index in [4.69, 9.17) is 0 Å². The maximum atomic E-state index is 2.46. The molecule has 0 N–H and O–H groups in total. The minimum Gasteiger partial charge on any atom is -0.310 e. The van der Waals surface area contributed by atoms with E-state index >= 15 is 0 Å². The van der Waals surface area contributed by atoms with Crippen molar-refractivity contribution in [2.75, 3.05) is 4.90 Å². The predicted octanol–water partition coefficient (Wildman–Crippen LogP) is 15.7. The Bertz CT molecular complexity index is 3090. The van der Waals surface area contributed by atoms with E-state index in [0.717, 1.165) is 17.1 Å². The lowest BCUT2D eigenvalue weighted by molar-refractivity contribution is 0.768. The molecule has 1 nitrogen and oxygen atoms in total. The molecule has 1 aliphatic rings. The molecule has 0 spiro atoms. The molecule has 0 unspecified atom stereocenters. The Morgan fingerprint density at radius 2 is 0.817 bits per heavy atom. The summed E-state index contributed by atoms with van der Waals surface area (Å²) in [4.78, 5) is 2.45. The van der Waals surface area contributed by atoms with E-state index in [1.807, 2.05) is 0 Å². The molecule has 0 bridgehead atoms. The summed E-state index contributed by atoms with van der Waals surface area (Å²) in [7, 11) is 0. The first-order chi connectivity index (χ1) is 29.8. The summed E-state index contributed by atoms with van der Waals surface area (Å²) < 4.78 is 0. The summed E-state index contributed by atoms with van der Waals surface area (Å²) in [6.45, 7) is 0. The summed E-state index contributed by atoms with van der Waals surface area (Å²) in [5, 5.41) is 2.52. The zero-order valence-corrected chi connectivity index (χ0v) is 33.1. The predicted molar refractivity (Wildman–Crippen MR) is 252 cm³/mol. The van der Waals surface area contributed by atoms with E-state index in [9.17, 15) is 0 Å². The average Bonchev–Trinajstić information content (AvgIpc) is 3.63. The van der Waals surface area contributed by atoms with E-state index < -0.39 is 5.41 Å². The quantitative estimate of drug-likeness (QED) is 0.149. The highest BCUT2D eigenvalue weighted by Crippen LogP contribution is 2.57. The first kappa shape index (κ1) is 35.4. The number of rotatable bonds is 8. The number of fused-ring (bicyclic) bond motifs is 4. The molecule has 10 aromatic carbocycles. The van der Waals surface area contributed by atoms with Crippen LogP contribution in [0, 0.1) is 0 Å². The Hall–Kier alpha value is -7.74. The molecule has 11 rings (SSSR count). The molecule has 10 aromatic rings. The van der Waals surface area contributed by atoms with Crippen LogP contribution < -0.4 is 4.90 Å². The van der Waals surface area contributed by atoms with Gasteiger partial charge < -0.3 is 4.90 Å². The Balaban J connectivity index is 1.09. The van der Waals surface area contributed by atoms with E-state index in [-0.39, 0.29) is 0 Å². The molecule has 0 aliphatic heterocycles. The van der Waals surface area contributed by atoms with Gasteiger partial charge in [0.05, 0.1) is 11.1 Å². The molecule has 0 radical (unpaired) electrons. The van der Waals surface area contributed by atoms with Crippen molar-refractivity contribution in [3.8, 4) is 44.5 Å². The first-order valence-electron chi connectivity index (χ1n) is 20.8. The lowest BCUT2D eigenvalue weighted by atomic mass is 9.67. The molecule has 0 heterocycles. The van der Waals surface area contributed by atoms with Crippen molar-refractivity contribution in [1.82, 2.24) is 0 Å². The van der Waals surface area contributed by atoms with Crippen molar-refractivity contribution in [3.05, 3.63) is 271 Å². The van der Waals surface area contributed by atoms with Gasteiger partial charge in [0.25, 0.3) is 0 Å². The van der Waals surface area contributed by atoms with Crippen LogP contribution in [0.4, 0.5) is 17.1 Å². The second kappa shape index (κ2) is 14.9. The van der Waals surface area contributed by atoms with E-state index in [1.165, 1.54) is 77.5 Å². The third kappa shape index (κ3) is 5.86. The number of para-hydroxylation sites is 1. The third-order valence-corrected chi connectivity index (χ3v) is 12.4. The van der Waals surface area contributed by atoms with Gasteiger partial charge in [-0.1, -0.05) is 212 Å². The van der Waals surface area contributed by atoms with Gasteiger partial charge in [0, 0.05) is 16.9 Å². The zero-order valence-electron chi connectivity index (χ0n) is 33.1. The van der Waals surface area contributed by atoms with Gasteiger partial charge in [0.1, 0.15) is 0 Å². The summed E-state index contributed by atoms with van der Waals surface area (Å²) in [6.07, 6.45) is 0. The normalized spacial score (nSPS) is 12.5. The number of nitrogens with zero attached hydrogens (tertiary/aromatic N) is 1. The second-order valence-electron chi connectivity index (χ2n) is 15.6. The van der Waals surface area contributed by atoms with Crippen LogP contribution in [0.15, 0.2) is 249 Å². The Labute approximate surface area is 352 Å². The topological polar surface area (TPSA) is 3.24 Å². The summed E-state index contributed by atoms with van der Waals surface area (Å²) in [5.74, 6) is 0. The molecule has 0 saturated carbocycles. The van der Waals surface area contributed by atoms with Crippen molar-refractivity contribution in [2.45, 2.75) is 5.41 Å². The lowest BCUT2D eigenvalue weighted by Crippen LogP contribution is -2.28. The molecule has 282 valence electrons. The van der Waals surface area contributed by atoms with E-state index in [2.05, 4.69) is 254 Å².